The molecular weight excluding hydrogens is 182 g/mol. The molecule has 2 rings (SSSR count). The third kappa shape index (κ3) is 2.26. The zero-order valence-corrected chi connectivity index (χ0v) is 8.72. The quantitative estimate of drug-likeness (QED) is 0.563. The second kappa shape index (κ2) is 4.59. The van der Waals surface area contributed by atoms with Gasteiger partial charge in [-0.15, -0.1) is 0 Å². The van der Waals surface area contributed by atoms with Gasteiger partial charge in [-0.3, -0.25) is 0 Å². The van der Waals surface area contributed by atoms with E-state index in [2.05, 4.69) is 0 Å². The maximum absolute atomic E-state index is 13.1. The molecule has 0 aromatic heterocycles. The Hall–Kier alpha value is -0.140. The van der Waals surface area contributed by atoms with E-state index in [0.717, 1.165) is 18.8 Å². The van der Waals surface area contributed by atoms with Crippen molar-refractivity contribution in [2.75, 3.05) is 0 Å². The Morgan fingerprint density at radius 2 is 1.00 bits per heavy atom. The molecule has 82 valence electrons. The molecule has 2 saturated carbocycles. The van der Waals surface area contributed by atoms with Crippen molar-refractivity contribution in [2.24, 2.45) is 11.8 Å². The molecule has 0 bridgehead atoms. The van der Waals surface area contributed by atoms with E-state index in [0.29, 0.717) is 18.8 Å². The van der Waals surface area contributed by atoms with Gasteiger partial charge in [-0.25, -0.2) is 8.78 Å². The summed E-state index contributed by atoms with van der Waals surface area (Å²) in [5.74, 6) is 1.41. The first-order chi connectivity index (χ1) is 6.77. The highest BCUT2D eigenvalue weighted by atomic mass is 19.2. The first-order valence-electron chi connectivity index (χ1n) is 6.05. The van der Waals surface area contributed by atoms with E-state index in [4.69, 9.17) is 0 Å². The zero-order chi connectivity index (χ0) is 9.97. The van der Waals surface area contributed by atoms with Gasteiger partial charge in [0.15, 0.2) is 0 Å². The van der Waals surface area contributed by atoms with Gasteiger partial charge in [0.1, 0.15) is 12.3 Å². The van der Waals surface area contributed by atoms with Crippen molar-refractivity contribution in [3.63, 3.8) is 0 Å². The van der Waals surface area contributed by atoms with E-state index < -0.39 is 12.3 Å². The van der Waals surface area contributed by atoms with Crippen molar-refractivity contribution in [1.82, 2.24) is 0 Å². The van der Waals surface area contributed by atoms with E-state index >= 15 is 0 Å². The van der Waals surface area contributed by atoms with Crippen LogP contribution in [0, 0.1) is 11.8 Å². The number of rotatable bonds is 1. The summed E-state index contributed by atoms with van der Waals surface area (Å²) < 4.78 is 26.2. The Kier molecular flexibility index (Phi) is 3.40. The number of halogens is 2. The molecule has 2 unspecified atom stereocenters. The highest BCUT2D eigenvalue weighted by molar-refractivity contribution is 4.82. The number of hydrogen-bond donors (Lipinski definition) is 0. The van der Waals surface area contributed by atoms with Crippen LogP contribution in [-0.4, -0.2) is 12.3 Å². The smallest absolute Gasteiger partial charge is 0.131 e. The van der Waals surface area contributed by atoms with Crippen LogP contribution in [0.3, 0.4) is 0 Å². The van der Waals surface area contributed by atoms with Crippen molar-refractivity contribution in [3.05, 3.63) is 0 Å². The van der Waals surface area contributed by atoms with Crippen molar-refractivity contribution in [3.8, 4) is 0 Å². The average Bonchev–Trinajstić information content (AvgIpc) is 2.65. The summed E-state index contributed by atoms with van der Waals surface area (Å²) in [6.07, 6.45) is 5.68. The maximum atomic E-state index is 13.1. The van der Waals surface area contributed by atoms with E-state index in [1.807, 2.05) is 0 Å². The van der Waals surface area contributed by atoms with Crippen molar-refractivity contribution < 1.29 is 8.78 Å². The molecule has 0 N–H and O–H groups in total. The Labute approximate surface area is 85.1 Å². The first kappa shape index (κ1) is 10.4. The fraction of sp³-hybridized carbons (Fsp3) is 1.00. The van der Waals surface area contributed by atoms with Crippen LogP contribution in [-0.2, 0) is 0 Å². The fourth-order valence-electron chi connectivity index (χ4n) is 3.15. The molecule has 0 aromatic carbocycles. The van der Waals surface area contributed by atoms with Crippen LogP contribution < -0.4 is 0 Å². The normalized spacial score (nSPS) is 41.1. The number of hydrogen-bond acceptors (Lipinski definition) is 0. The molecule has 0 aliphatic heterocycles. The van der Waals surface area contributed by atoms with Gasteiger partial charge in [0.25, 0.3) is 0 Å². The average molecular weight is 202 g/mol. The minimum absolute atomic E-state index is 0.461. The highest BCUT2D eigenvalue weighted by Crippen LogP contribution is 2.39. The molecule has 0 heterocycles. The third-order valence-electron chi connectivity index (χ3n) is 4.09. The van der Waals surface area contributed by atoms with Crippen LogP contribution in [0.25, 0.3) is 0 Å². The topological polar surface area (TPSA) is 0 Å². The van der Waals surface area contributed by atoms with Gasteiger partial charge in [-0.1, -0.05) is 25.7 Å². The lowest BCUT2D eigenvalue weighted by Gasteiger charge is -2.20. The predicted molar refractivity (Wildman–Crippen MR) is 53.7 cm³/mol. The lowest BCUT2D eigenvalue weighted by atomic mass is 9.85. The molecule has 0 saturated heterocycles. The van der Waals surface area contributed by atoms with Gasteiger partial charge in [-0.05, 0) is 37.5 Å². The van der Waals surface area contributed by atoms with E-state index in [9.17, 15) is 8.78 Å². The minimum atomic E-state index is -1.18. The van der Waals surface area contributed by atoms with Gasteiger partial charge in [0.05, 0.1) is 0 Å². The van der Waals surface area contributed by atoms with Gasteiger partial charge in [0, 0.05) is 0 Å². The first-order valence-corrected chi connectivity index (χ1v) is 6.05. The second-order valence-corrected chi connectivity index (χ2v) is 4.99. The van der Waals surface area contributed by atoms with Crippen molar-refractivity contribution >= 4 is 0 Å². The highest BCUT2D eigenvalue weighted by Gasteiger charge is 2.31. The summed E-state index contributed by atoms with van der Waals surface area (Å²) in [6, 6.07) is 0. The van der Waals surface area contributed by atoms with Crippen LogP contribution in [0.1, 0.15) is 51.4 Å². The summed E-state index contributed by atoms with van der Waals surface area (Å²) in [6.45, 7) is 0. The molecule has 0 radical (unpaired) electrons. The van der Waals surface area contributed by atoms with E-state index in [1.54, 1.807) is 0 Å². The predicted octanol–water partition coefficient (Wildman–Crippen LogP) is 4.04. The van der Waals surface area contributed by atoms with Crippen molar-refractivity contribution in [2.45, 2.75) is 63.7 Å². The lowest BCUT2D eigenvalue weighted by molar-refractivity contribution is 0.158. The molecular formula is C12H20F2. The third-order valence-corrected chi connectivity index (χ3v) is 4.09. The van der Waals surface area contributed by atoms with Gasteiger partial charge >= 0.3 is 0 Å². The van der Waals surface area contributed by atoms with Crippen LogP contribution in [0.2, 0.25) is 0 Å². The molecule has 2 fully saturated rings. The van der Waals surface area contributed by atoms with Crippen LogP contribution >= 0.6 is 0 Å². The summed E-state index contributed by atoms with van der Waals surface area (Å²) in [7, 11) is 0. The van der Waals surface area contributed by atoms with Crippen LogP contribution in [0.5, 0.6) is 0 Å². The molecule has 14 heavy (non-hydrogen) atoms. The largest absolute Gasteiger partial charge is 0.244 e. The SMILES string of the molecule is FC1CCC(C2CCCC2)CCC1F. The second-order valence-electron chi connectivity index (χ2n) is 4.99. The summed E-state index contributed by atoms with van der Waals surface area (Å²) in [5.41, 5.74) is 0. The van der Waals surface area contributed by atoms with Crippen LogP contribution in [0.4, 0.5) is 8.78 Å². The monoisotopic (exact) mass is 202 g/mol. The van der Waals surface area contributed by atoms with Gasteiger partial charge in [0.2, 0.25) is 0 Å². The molecule has 0 nitrogen and oxygen atoms in total. The van der Waals surface area contributed by atoms with Crippen molar-refractivity contribution in [1.29, 1.82) is 0 Å². The molecule has 0 amide bonds. The summed E-state index contributed by atoms with van der Waals surface area (Å²) in [5, 5.41) is 0. The van der Waals surface area contributed by atoms with E-state index in [1.165, 1.54) is 25.7 Å². The lowest BCUT2D eigenvalue weighted by Crippen LogP contribution is -2.14. The van der Waals surface area contributed by atoms with Crippen LogP contribution in [0.15, 0.2) is 0 Å². The summed E-state index contributed by atoms with van der Waals surface area (Å²) >= 11 is 0. The Balaban J connectivity index is 1.88. The standard InChI is InChI=1S/C12H20F2/c13-11-7-5-10(6-8-12(11)14)9-3-1-2-4-9/h9-12H,1-8H2. The minimum Gasteiger partial charge on any atom is -0.244 e. The molecule has 2 aliphatic rings. The molecule has 2 atom stereocenters. The fourth-order valence-corrected chi connectivity index (χ4v) is 3.15. The van der Waals surface area contributed by atoms with E-state index in [-0.39, 0.29) is 0 Å². The molecule has 2 heteroatoms. The molecule has 2 aliphatic carbocycles. The van der Waals surface area contributed by atoms with Gasteiger partial charge < -0.3 is 0 Å². The number of alkyl halides is 2. The molecule has 0 spiro atoms. The molecule has 0 aromatic rings. The summed E-state index contributed by atoms with van der Waals surface area (Å²) in [4.78, 5) is 0. The zero-order valence-electron chi connectivity index (χ0n) is 8.72. The maximum Gasteiger partial charge on any atom is 0.131 e. The Bertz CT molecular complexity index is 163. The Morgan fingerprint density at radius 3 is 1.50 bits per heavy atom. The van der Waals surface area contributed by atoms with Gasteiger partial charge in [-0.2, -0.15) is 0 Å². The Morgan fingerprint density at radius 1 is 0.571 bits per heavy atom.